The van der Waals surface area contributed by atoms with E-state index in [-0.39, 0.29) is 35.4 Å². The molecule has 0 aromatic heterocycles. The number of nitrogens with zero attached hydrogens (tertiary/aromatic N) is 2. The van der Waals surface area contributed by atoms with E-state index < -0.39 is 0 Å². The summed E-state index contributed by atoms with van der Waals surface area (Å²) in [6.45, 7) is 1.89. The van der Waals surface area contributed by atoms with Gasteiger partial charge >= 0.3 is 0 Å². The molecule has 2 rings (SSSR count). The maximum absolute atomic E-state index is 12.2. The highest BCUT2D eigenvalue weighted by Gasteiger charge is 2.26. The Balaban J connectivity index is 2.42. The molecule has 0 saturated carbocycles. The van der Waals surface area contributed by atoms with Gasteiger partial charge in [0, 0.05) is 0 Å². The van der Waals surface area contributed by atoms with Crippen molar-refractivity contribution in [2.24, 2.45) is 4.99 Å². The van der Waals surface area contributed by atoms with Crippen LogP contribution in [0.25, 0.3) is 6.08 Å². The molecule has 1 aromatic carbocycles. The Labute approximate surface area is 128 Å². The van der Waals surface area contributed by atoms with Gasteiger partial charge in [-0.3, -0.25) is 9.69 Å². The Kier molecular flexibility index (Phi) is 4.37. The molecule has 1 aliphatic heterocycles. The van der Waals surface area contributed by atoms with Crippen LogP contribution in [0.15, 0.2) is 22.8 Å². The molecular formula is C16H16N2O4. The summed E-state index contributed by atoms with van der Waals surface area (Å²) >= 11 is 0. The minimum Gasteiger partial charge on any atom is -0.502 e. The lowest BCUT2D eigenvalue weighted by Crippen LogP contribution is -2.30. The van der Waals surface area contributed by atoms with Crippen LogP contribution < -0.4 is 9.47 Å². The van der Waals surface area contributed by atoms with E-state index in [0.717, 1.165) is 0 Å². The second kappa shape index (κ2) is 6.22. The van der Waals surface area contributed by atoms with E-state index in [1.165, 1.54) is 19.1 Å². The van der Waals surface area contributed by atoms with Crippen molar-refractivity contribution in [3.8, 4) is 29.6 Å². The zero-order valence-corrected chi connectivity index (χ0v) is 12.6. The summed E-state index contributed by atoms with van der Waals surface area (Å²) in [5.41, 5.74) is 0.886. The maximum Gasteiger partial charge on any atom is 0.278 e. The highest BCUT2D eigenvalue weighted by Crippen LogP contribution is 2.37. The first-order valence-corrected chi connectivity index (χ1v) is 6.49. The van der Waals surface area contributed by atoms with Crippen molar-refractivity contribution in [1.29, 1.82) is 0 Å². The average Bonchev–Trinajstić information content (AvgIpc) is 2.76. The molecule has 6 heteroatoms. The van der Waals surface area contributed by atoms with Crippen LogP contribution in [0.1, 0.15) is 12.5 Å². The zero-order valence-electron chi connectivity index (χ0n) is 12.6. The smallest absolute Gasteiger partial charge is 0.278 e. The summed E-state index contributed by atoms with van der Waals surface area (Å²) < 4.78 is 10.2. The van der Waals surface area contributed by atoms with Crippen molar-refractivity contribution in [3.05, 3.63) is 23.4 Å². The number of hydrogen-bond acceptors (Lipinski definition) is 5. The lowest BCUT2D eigenvalue weighted by Gasteiger charge is -2.11. The molecule has 1 amide bonds. The van der Waals surface area contributed by atoms with Crippen LogP contribution in [0.3, 0.4) is 0 Å². The summed E-state index contributed by atoms with van der Waals surface area (Å²) in [5.74, 6) is 3.11. The number of methoxy groups -OCH3 is 2. The van der Waals surface area contributed by atoms with E-state index in [1.54, 1.807) is 25.1 Å². The van der Waals surface area contributed by atoms with Gasteiger partial charge in [-0.15, -0.1) is 6.42 Å². The Hall–Kier alpha value is -2.94. The molecule has 0 fully saturated rings. The van der Waals surface area contributed by atoms with E-state index in [1.807, 2.05) is 0 Å². The first-order chi connectivity index (χ1) is 10.5. The first-order valence-electron chi connectivity index (χ1n) is 6.49. The number of phenols is 1. The molecule has 1 aromatic rings. The number of carbonyl (C=O) groups excluding carboxylic acids is 1. The van der Waals surface area contributed by atoms with Crippen LogP contribution in [-0.2, 0) is 4.79 Å². The van der Waals surface area contributed by atoms with Gasteiger partial charge in [-0.25, -0.2) is 4.99 Å². The molecule has 0 aliphatic carbocycles. The molecule has 0 bridgehead atoms. The lowest BCUT2D eigenvalue weighted by molar-refractivity contribution is -0.122. The zero-order chi connectivity index (χ0) is 16.3. The summed E-state index contributed by atoms with van der Waals surface area (Å²) in [4.78, 5) is 17.9. The molecule has 0 atom stereocenters. The summed E-state index contributed by atoms with van der Waals surface area (Å²) in [7, 11) is 2.87. The SMILES string of the molecule is C#CCN1C(=O)/C(=C/c2cc(OC)c(O)c(OC)c2)N=C1C. The quantitative estimate of drug-likeness (QED) is 0.678. The predicted molar refractivity (Wildman–Crippen MR) is 82.8 cm³/mol. The third-order valence-corrected chi connectivity index (χ3v) is 3.19. The molecule has 22 heavy (non-hydrogen) atoms. The molecule has 0 radical (unpaired) electrons. The number of phenolic OH excluding ortho intramolecular Hbond substituents is 1. The van der Waals surface area contributed by atoms with E-state index in [9.17, 15) is 9.90 Å². The number of benzene rings is 1. The number of rotatable bonds is 4. The van der Waals surface area contributed by atoms with E-state index in [0.29, 0.717) is 11.4 Å². The largest absolute Gasteiger partial charge is 0.502 e. The molecule has 0 saturated heterocycles. The molecule has 0 unspecified atom stereocenters. The van der Waals surface area contributed by atoms with E-state index >= 15 is 0 Å². The summed E-state index contributed by atoms with van der Waals surface area (Å²) in [5, 5.41) is 9.88. The Bertz CT molecular complexity index is 688. The molecular weight excluding hydrogens is 284 g/mol. The van der Waals surface area contributed by atoms with Crippen LogP contribution in [0.2, 0.25) is 0 Å². The van der Waals surface area contributed by atoms with Crippen LogP contribution in [0, 0.1) is 12.3 Å². The number of aliphatic imine (C=N–C) groups is 1. The van der Waals surface area contributed by atoms with Crippen LogP contribution >= 0.6 is 0 Å². The molecule has 1 aliphatic rings. The third-order valence-electron chi connectivity index (χ3n) is 3.19. The third kappa shape index (κ3) is 2.74. The molecule has 6 nitrogen and oxygen atoms in total. The van der Waals surface area contributed by atoms with E-state index in [2.05, 4.69) is 10.9 Å². The fourth-order valence-corrected chi connectivity index (χ4v) is 2.09. The van der Waals surface area contributed by atoms with Crippen LogP contribution in [0.5, 0.6) is 17.2 Å². The van der Waals surface area contributed by atoms with Gasteiger partial charge in [0.05, 0.1) is 20.8 Å². The van der Waals surface area contributed by atoms with Gasteiger partial charge in [-0.1, -0.05) is 5.92 Å². The Morgan fingerprint density at radius 1 is 1.36 bits per heavy atom. The molecule has 1 heterocycles. The van der Waals surface area contributed by atoms with Crippen molar-refractivity contribution in [1.82, 2.24) is 4.90 Å². The van der Waals surface area contributed by atoms with Gasteiger partial charge in [-0.05, 0) is 30.7 Å². The standard InChI is InChI=1S/C16H16N2O4/c1-5-6-18-10(2)17-12(16(18)20)7-11-8-13(21-3)15(19)14(9-11)22-4/h1,7-9,19H,6H2,2-4H3/b12-7-. The number of hydrogen-bond donors (Lipinski definition) is 1. The van der Waals surface area contributed by atoms with Gasteiger partial charge < -0.3 is 14.6 Å². The lowest BCUT2D eigenvalue weighted by atomic mass is 10.1. The number of terminal acetylenes is 1. The minimum atomic E-state index is -0.263. The average molecular weight is 300 g/mol. The topological polar surface area (TPSA) is 71.4 Å². The van der Waals surface area contributed by atoms with Gasteiger partial charge in [0.2, 0.25) is 5.75 Å². The fraction of sp³-hybridized carbons (Fsp3) is 0.250. The predicted octanol–water partition coefficient (Wildman–Crippen LogP) is 1.64. The van der Waals surface area contributed by atoms with Gasteiger partial charge in [0.1, 0.15) is 11.5 Å². The van der Waals surface area contributed by atoms with Gasteiger partial charge in [0.15, 0.2) is 11.5 Å². The normalized spacial score (nSPS) is 15.7. The van der Waals surface area contributed by atoms with Crippen molar-refractivity contribution >= 4 is 17.8 Å². The second-order valence-corrected chi connectivity index (χ2v) is 4.56. The van der Waals surface area contributed by atoms with Crippen LogP contribution in [-0.4, -0.2) is 42.5 Å². The molecule has 0 spiro atoms. The van der Waals surface area contributed by atoms with Gasteiger partial charge in [-0.2, -0.15) is 0 Å². The Morgan fingerprint density at radius 2 is 1.95 bits per heavy atom. The first kappa shape index (κ1) is 15.4. The van der Waals surface area contributed by atoms with Crippen LogP contribution in [0.4, 0.5) is 0 Å². The summed E-state index contributed by atoms with van der Waals surface area (Å²) in [6, 6.07) is 3.18. The maximum atomic E-state index is 12.2. The number of aromatic hydroxyl groups is 1. The summed E-state index contributed by atoms with van der Waals surface area (Å²) in [6.07, 6.45) is 6.83. The second-order valence-electron chi connectivity index (χ2n) is 4.56. The number of amides is 1. The fourth-order valence-electron chi connectivity index (χ4n) is 2.09. The van der Waals surface area contributed by atoms with Crippen molar-refractivity contribution < 1.29 is 19.4 Å². The van der Waals surface area contributed by atoms with E-state index in [4.69, 9.17) is 15.9 Å². The number of amidine groups is 1. The minimum absolute atomic E-state index is 0.0986. The van der Waals surface area contributed by atoms with Gasteiger partial charge in [0.25, 0.3) is 5.91 Å². The van der Waals surface area contributed by atoms with Crippen molar-refractivity contribution in [2.75, 3.05) is 20.8 Å². The van der Waals surface area contributed by atoms with Crippen molar-refractivity contribution in [2.45, 2.75) is 6.92 Å². The highest BCUT2D eigenvalue weighted by atomic mass is 16.5. The monoisotopic (exact) mass is 300 g/mol. The Morgan fingerprint density at radius 3 is 2.45 bits per heavy atom. The highest BCUT2D eigenvalue weighted by molar-refractivity contribution is 6.13. The molecule has 1 N–H and O–H groups in total. The number of ether oxygens (including phenoxy) is 2. The number of carbonyl (C=O) groups is 1. The molecule has 114 valence electrons. The van der Waals surface area contributed by atoms with Crippen molar-refractivity contribution in [3.63, 3.8) is 0 Å².